The maximum absolute atomic E-state index is 13.1. The minimum atomic E-state index is -4.58. The number of nitrogens with one attached hydrogen (secondary N) is 1. The van der Waals surface area contributed by atoms with Crippen LogP contribution in [0.4, 0.5) is 13.2 Å². The summed E-state index contributed by atoms with van der Waals surface area (Å²) in [5, 5.41) is -0.156. The third kappa shape index (κ3) is 3.71. The summed E-state index contributed by atoms with van der Waals surface area (Å²) in [7, 11) is -4.25. The predicted molar refractivity (Wildman–Crippen MR) is 77.2 cm³/mol. The lowest BCUT2D eigenvalue weighted by molar-refractivity contribution is -0.155. The van der Waals surface area contributed by atoms with Crippen LogP contribution >= 0.6 is 0 Å². The molecular weight excluding hydrogens is 331 g/mol. The highest BCUT2D eigenvalue weighted by Crippen LogP contribution is 2.41. The first kappa shape index (κ1) is 16.8. The molecule has 23 heavy (non-hydrogen) atoms. The van der Waals surface area contributed by atoms with E-state index in [0.29, 0.717) is 37.5 Å². The molecule has 2 aliphatic rings. The molecule has 9 heteroatoms. The molecule has 0 aliphatic heterocycles. The number of aryl methyl sites for hydroxylation is 1. The third-order valence-corrected chi connectivity index (χ3v) is 5.80. The minimum Gasteiger partial charge on any atom is -0.318 e. The van der Waals surface area contributed by atoms with Gasteiger partial charge in [0.15, 0.2) is 5.03 Å². The molecule has 1 N–H and O–H groups in total. The van der Waals surface area contributed by atoms with Crippen LogP contribution in [0.15, 0.2) is 11.2 Å². The summed E-state index contributed by atoms with van der Waals surface area (Å²) < 4.78 is 67.7. The van der Waals surface area contributed by atoms with Gasteiger partial charge in [0.25, 0.3) is 10.0 Å². The fourth-order valence-corrected chi connectivity index (χ4v) is 4.18. The number of nitrogens with zero attached hydrogens (tertiary/aromatic N) is 2. The minimum absolute atomic E-state index is 0.156. The van der Waals surface area contributed by atoms with Crippen LogP contribution in [0.5, 0.6) is 0 Å². The first-order chi connectivity index (χ1) is 10.7. The fraction of sp³-hybridized carbons (Fsp3) is 0.786. The average Bonchev–Trinajstić information content (AvgIpc) is 3.33. The van der Waals surface area contributed by atoms with Crippen molar-refractivity contribution in [1.82, 2.24) is 14.3 Å². The van der Waals surface area contributed by atoms with Crippen molar-refractivity contribution in [2.24, 2.45) is 11.8 Å². The molecule has 0 unspecified atom stereocenters. The smallest absolute Gasteiger partial charge is 0.318 e. The highest BCUT2D eigenvalue weighted by Gasteiger charge is 2.51. The molecule has 3 rings (SSSR count). The van der Waals surface area contributed by atoms with Gasteiger partial charge in [-0.05, 0) is 37.5 Å². The molecule has 1 atom stereocenters. The number of imidazole rings is 1. The van der Waals surface area contributed by atoms with Crippen molar-refractivity contribution >= 4 is 10.0 Å². The number of sulfonamides is 1. The van der Waals surface area contributed by atoms with Crippen molar-refractivity contribution < 1.29 is 21.6 Å². The summed E-state index contributed by atoms with van der Waals surface area (Å²) in [6, 6.07) is -2.01. The molecular formula is C14H20F3N3O2S. The summed E-state index contributed by atoms with van der Waals surface area (Å²) >= 11 is 0. The molecule has 5 nitrogen and oxygen atoms in total. The number of hydrogen-bond donors (Lipinski definition) is 1. The number of rotatable bonds is 7. The van der Waals surface area contributed by atoms with Crippen LogP contribution < -0.4 is 4.72 Å². The summed E-state index contributed by atoms with van der Waals surface area (Å²) in [5.74, 6) is 0.327. The average molecular weight is 351 g/mol. The van der Waals surface area contributed by atoms with Gasteiger partial charge in [-0.15, -0.1) is 0 Å². The van der Waals surface area contributed by atoms with E-state index in [4.69, 9.17) is 0 Å². The number of halogens is 3. The summed E-state index contributed by atoms with van der Waals surface area (Å²) in [6.07, 6.45) is -0.0495. The quantitative estimate of drug-likeness (QED) is 0.821. The number of hydrogen-bond acceptors (Lipinski definition) is 3. The van der Waals surface area contributed by atoms with Crippen LogP contribution in [0.25, 0.3) is 0 Å². The second-order valence-corrected chi connectivity index (χ2v) is 8.06. The largest absolute Gasteiger partial charge is 0.405 e. The van der Waals surface area contributed by atoms with Crippen LogP contribution in [-0.2, 0) is 23.0 Å². The fourth-order valence-electron chi connectivity index (χ4n) is 2.73. The third-order valence-electron chi connectivity index (χ3n) is 4.36. The summed E-state index contributed by atoms with van der Waals surface area (Å²) in [5.41, 5.74) is 0. The Morgan fingerprint density at radius 1 is 1.35 bits per heavy atom. The van der Waals surface area contributed by atoms with Crippen LogP contribution in [0.1, 0.15) is 38.4 Å². The molecule has 0 aromatic carbocycles. The Labute approximate surface area is 133 Å². The lowest BCUT2D eigenvalue weighted by Gasteiger charge is -2.21. The molecule has 0 radical (unpaired) electrons. The maximum atomic E-state index is 13.1. The SMILES string of the molecule is CCc1ncc(S(=O)(=O)N[C@@H](C2CC2)C(F)(F)F)n1CC1CC1. The van der Waals surface area contributed by atoms with Gasteiger partial charge in [0.2, 0.25) is 0 Å². The van der Waals surface area contributed by atoms with E-state index < -0.39 is 28.2 Å². The molecule has 2 fully saturated rings. The van der Waals surface area contributed by atoms with Crippen molar-refractivity contribution in [2.45, 2.75) is 62.8 Å². The predicted octanol–water partition coefficient (Wildman–Crippen LogP) is 2.47. The Morgan fingerprint density at radius 3 is 2.48 bits per heavy atom. The van der Waals surface area contributed by atoms with Crippen molar-refractivity contribution in [3.05, 3.63) is 12.0 Å². The van der Waals surface area contributed by atoms with E-state index in [1.807, 2.05) is 11.6 Å². The summed E-state index contributed by atoms with van der Waals surface area (Å²) in [6.45, 7) is 2.35. The highest BCUT2D eigenvalue weighted by molar-refractivity contribution is 7.89. The van der Waals surface area contributed by atoms with Gasteiger partial charge < -0.3 is 4.57 Å². The van der Waals surface area contributed by atoms with E-state index in [2.05, 4.69) is 4.98 Å². The van der Waals surface area contributed by atoms with Gasteiger partial charge in [-0.3, -0.25) is 0 Å². The molecule has 1 aromatic heterocycles. The molecule has 1 heterocycles. The van der Waals surface area contributed by atoms with Gasteiger partial charge in [-0.2, -0.15) is 17.9 Å². The molecule has 0 saturated heterocycles. The summed E-state index contributed by atoms with van der Waals surface area (Å²) in [4.78, 5) is 4.07. The monoisotopic (exact) mass is 351 g/mol. The zero-order valence-electron chi connectivity index (χ0n) is 12.8. The van der Waals surface area contributed by atoms with E-state index >= 15 is 0 Å². The molecule has 130 valence electrons. The van der Waals surface area contributed by atoms with Crippen molar-refractivity contribution in [2.75, 3.05) is 0 Å². The van der Waals surface area contributed by atoms with Crippen molar-refractivity contribution in [1.29, 1.82) is 0 Å². The number of alkyl halides is 3. The first-order valence-corrected chi connectivity index (χ1v) is 9.34. The Bertz CT molecular complexity index is 676. The van der Waals surface area contributed by atoms with Crippen molar-refractivity contribution in [3.8, 4) is 0 Å². The molecule has 0 spiro atoms. The Kier molecular flexibility index (Phi) is 4.20. The van der Waals surface area contributed by atoms with Gasteiger partial charge in [0.1, 0.15) is 11.9 Å². The first-order valence-electron chi connectivity index (χ1n) is 7.86. The van der Waals surface area contributed by atoms with Crippen LogP contribution in [0.2, 0.25) is 0 Å². The van der Waals surface area contributed by atoms with E-state index in [1.54, 1.807) is 4.57 Å². The molecule has 2 aliphatic carbocycles. The van der Waals surface area contributed by atoms with E-state index in [-0.39, 0.29) is 5.03 Å². The number of aromatic nitrogens is 2. The normalized spacial score (nSPS) is 20.7. The van der Waals surface area contributed by atoms with Gasteiger partial charge in [-0.1, -0.05) is 6.92 Å². The standard InChI is InChI=1S/C14H20F3N3O2S/c1-2-11-18-7-12(20(11)8-9-3-4-9)23(21,22)19-13(10-5-6-10)14(15,16)17/h7,9-10,13,19H,2-6,8H2,1H3/t13-/m0/s1. The second kappa shape index (κ2) is 5.77. The Hall–Kier alpha value is -1.09. The highest BCUT2D eigenvalue weighted by atomic mass is 32.2. The lowest BCUT2D eigenvalue weighted by Crippen LogP contribution is -2.47. The molecule has 0 amide bonds. The Morgan fingerprint density at radius 2 is 2.00 bits per heavy atom. The van der Waals surface area contributed by atoms with Crippen molar-refractivity contribution in [3.63, 3.8) is 0 Å². The van der Waals surface area contributed by atoms with Gasteiger partial charge in [0, 0.05) is 13.0 Å². The lowest BCUT2D eigenvalue weighted by atomic mass is 10.2. The molecule has 2 saturated carbocycles. The maximum Gasteiger partial charge on any atom is 0.405 e. The molecule has 1 aromatic rings. The van der Waals surface area contributed by atoms with Crippen LogP contribution in [0.3, 0.4) is 0 Å². The zero-order valence-corrected chi connectivity index (χ0v) is 13.6. The Balaban J connectivity index is 1.88. The second-order valence-electron chi connectivity index (χ2n) is 6.40. The van der Waals surface area contributed by atoms with Gasteiger partial charge in [-0.25, -0.2) is 13.4 Å². The van der Waals surface area contributed by atoms with Crippen LogP contribution in [-0.4, -0.2) is 30.2 Å². The van der Waals surface area contributed by atoms with E-state index in [9.17, 15) is 21.6 Å². The van der Waals surface area contributed by atoms with E-state index in [0.717, 1.165) is 12.8 Å². The zero-order chi connectivity index (χ0) is 16.8. The van der Waals surface area contributed by atoms with E-state index in [1.165, 1.54) is 6.20 Å². The van der Waals surface area contributed by atoms with Crippen LogP contribution in [0, 0.1) is 11.8 Å². The topological polar surface area (TPSA) is 64.0 Å². The van der Waals surface area contributed by atoms with Gasteiger partial charge >= 0.3 is 6.18 Å². The molecule has 0 bridgehead atoms. The van der Waals surface area contributed by atoms with Gasteiger partial charge in [0.05, 0.1) is 6.20 Å².